The highest BCUT2D eigenvalue weighted by atomic mass is 32.1. The maximum atomic E-state index is 13.1. The molecule has 1 aromatic heterocycles. The summed E-state index contributed by atoms with van der Waals surface area (Å²) in [5, 5.41) is 4.17. The molecule has 3 aliphatic heterocycles. The smallest absolute Gasteiger partial charge is 0.416 e. The van der Waals surface area contributed by atoms with Crippen molar-refractivity contribution in [3.8, 4) is 0 Å². The van der Waals surface area contributed by atoms with E-state index in [1.165, 1.54) is 34.6 Å². The van der Waals surface area contributed by atoms with Crippen molar-refractivity contribution >= 4 is 39.7 Å². The first-order valence-electron chi connectivity index (χ1n) is 12.5. The predicted molar refractivity (Wildman–Crippen MR) is 140 cm³/mol. The van der Waals surface area contributed by atoms with Crippen LogP contribution in [-0.4, -0.2) is 34.3 Å². The lowest BCUT2D eigenvalue weighted by molar-refractivity contribution is -0.137. The normalized spacial score (nSPS) is 23.2. The summed E-state index contributed by atoms with van der Waals surface area (Å²) >= 11 is 5.38. The average molecular weight is 512 g/mol. The van der Waals surface area contributed by atoms with Gasteiger partial charge >= 0.3 is 6.18 Å². The molecular weight excluding hydrogens is 483 g/mol. The third kappa shape index (κ3) is 3.73. The van der Waals surface area contributed by atoms with E-state index < -0.39 is 11.7 Å². The molecule has 36 heavy (non-hydrogen) atoms. The van der Waals surface area contributed by atoms with E-state index in [-0.39, 0.29) is 22.9 Å². The minimum atomic E-state index is -4.42. The van der Waals surface area contributed by atoms with Crippen molar-refractivity contribution < 1.29 is 17.9 Å². The number of benzene rings is 2. The van der Waals surface area contributed by atoms with Crippen LogP contribution in [-0.2, 0) is 17.3 Å². The molecule has 188 valence electrons. The molecule has 4 nitrogen and oxygen atoms in total. The Morgan fingerprint density at radius 2 is 2.00 bits per heavy atom. The molecule has 0 saturated carbocycles. The highest BCUT2D eigenvalue weighted by Crippen LogP contribution is 2.56. The van der Waals surface area contributed by atoms with Crippen molar-refractivity contribution in [3.05, 3.63) is 71.4 Å². The van der Waals surface area contributed by atoms with Gasteiger partial charge in [-0.15, -0.1) is 0 Å². The number of piperidine rings is 1. The summed E-state index contributed by atoms with van der Waals surface area (Å²) in [4.78, 5) is 2.65. The molecule has 1 saturated heterocycles. The molecule has 4 heterocycles. The van der Waals surface area contributed by atoms with E-state index in [9.17, 15) is 13.2 Å². The van der Waals surface area contributed by atoms with Gasteiger partial charge in [-0.05, 0) is 74.3 Å². The van der Waals surface area contributed by atoms with Crippen LogP contribution in [0.1, 0.15) is 49.0 Å². The number of nitrogens with one attached hydrogen (secondary N) is 1. The fourth-order valence-electron chi connectivity index (χ4n) is 6.56. The number of hydrogen-bond acceptors (Lipinski definition) is 3. The van der Waals surface area contributed by atoms with Crippen molar-refractivity contribution in [2.45, 2.75) is 44.8 Å². The summed E-state index contributed by atoms with van der Waals surface area (Å²) in [7, 11) is 0. The Labute approximate surface area is 213 Å². The quantitative estimate of drug-likeness (QED) is 0.381. The lowest BCUT2D eigenvalue weighted by Crippen LogP contribution is -2.50. The first-order chi connectivity index (χ1) is 17.3. The molecule has 8 heteroatoms. The molecular formula is C28H28F3N3OS. The minimum absolute atomic E-state index is 0.0343. The van der Waals surface area contributed by atoms with Gasteiger partial charge in [0.05, 0.1) is 22.8 Å². The van der Waals surface area contributed by atoms with E-state index >= 15 is 0 Å². The Morgan fingerprint density at radius 1 is 1.17 bits per heavy atom. The zero-order valence-corrected chi connectivity index (χ0v) is 20.9. The van der Waals surface area contributed by atoms with Gasteiger partial charge in [0.2, 0.25) is 0 Å². The SMILES string of the molecule is CC[C@@]12C=C(COC(=S)Nc3cccc(C(F)(F)F)c3)n3c4c(c5ccccc53)CCN(CCC1)[C@H]42. The molecule has 1 fully saturated rings. The van der Waals surface area contributed by atoms with E-state index in [1.807, 2.05) is 0 Å². The molecule has 3 aliphatic rings. The number of ether oxygens (including phenoxy) is 1. The van der Waals surface area contributed by atoms with Gasteiger partial charge in [0.15, 0.2) is 0 Å². The summed E-state index contributed by atoms with van der Waals surface area (Å²) in [5.74, 6) is 0. The Hall–Kier alpha value is -2.84. The van der Waals surface area contributed by atoms with Crippen LogP contribution in [0.2, 0.25) is 0 Å². The molecule has 0 bridgehead atoms. The summed E-state index contributed by atoms with van der Waals surface area (Å²) in [6.07, 6.45) is 2.34. The van der Waals surface area contributed by atoms with E-state index in [1.54, 1.807) is 6.07 Å². The molecule has 0 unspecified atom stereocenters. The second kappa shape index (κ2) is 8.63. The monoisotopic (exact) mass is 511 g/mol. The molecule has 0 spiro atoms. The molecule has 1 N–H and O–H groups in total. The minimum Gasteiger partial charge on any atom is -0.464 e. The van der Waals surface area contributed by atoms with E-state index in [0.717, 1.165) is 50.2 Å². The Morgan fingerprint density at radius 3 is 2.81 bits per heavy atom. The maximum absolute atomic E-state index is 13.1. The van der Waals surface area contributed by atoms with E-state index in [2.05, 4.69) is 52.0 Å². The Bertz CT molecular complexity index is 1380. The molecule has 0 amide bonds. The zero-order valence-electron chi connectivity index (χ0n) is 20.1. The van der Waals surface area contributed by atoms with Gasteiger partial charge in [0.1, 0.15) is 6.61 Å². The highest BCUT2D eigenvalue weighted by Gasteiger charge is 2.50. The van der Waals surface area contributed by atoms with Gasteiger partial charge < -0.3 is 14.6 Å². The number of nitrogens with zero attached hydrogens (tertiary/aromatic N) is 2. The summed E-state index contributed by atoms with van der Waals surface area (Å²) in [5.41, 5.74) is 4.59. The number of para-hydroxylation sites is 1. The largest absolute Gasteiger partial charge is 0.464 e. The number of rotatable bonds is 4. The number of fused-ring (bicyclic) bond motifs is 3. The van der Waals surface area contributed by atoms with E-state index in [4.69, 9.17) is 17.0 Å². The topological polar surface area (TPSA) is 29.4 Å². The molecule has 6 rings (SSSR count). The summed E-state index contributed by atoms with van der Waals surface area (Å²) in [6.45, 7) is 4.71. The van der Waals surface area contributed by atoms with Crippen molar-refractivity contribution in [2.75, 3.05) is 25.0 Å². The Kier molecular flexibility index (Phi) is 5.64. The number of anilines is 1. The van der Waals surface area contributed by atoms with E-state index in [0.29, 0.717) is 6.04 Å². The van der Waals surface area contributed by atoms with Crippen LogP contribution in [0.5, 0.6) is 0 Å². The third-order valence-electron chi connectivity index (χ3n) is 8.11. The average Bonchev–Trinajstić information content (AvgIpc) is 3.21. The Balaban J connectivity index is 1.33. The van der Waals surface area contributed by atoms with Gasteiger partial charge in [0.25, 0.3) is 5.17 Å². The van der Waals surface area contributed by atoms with Gasteiger partial charge in [-0.3, -0.25) is 4.90 Å². The summed E-state index contributed by atoms with van der Waals surface area (Å²) < 4.78 is 47.6. The lowest BCUT2D eigenvalue weighted by atomic mass is 9.66. The predicted octanol–water partition coefficient (Wildman–Crippen LogP) is 7.02. The molecule has 2 aromatic carbocycles. The van der Waals surface area contributed by atoms with Gasteiger partial charge in [-0.25, -0.2) is 0 Å². The van der Waals surface area contributed by atoms with Crippen LogP contribution in [0.3, 0.4) is 0 Å². The number of alkyl halides is 3. The van der Waals surface area contributed by atoms with Gasteiger partial charge in [-0.2, -0.15) is 13.2 Å². The van der Waals surface area contributed by atoms with Crippen molar-refractivity contribution in [3.63, 3.8) is 0 Å². The molecule has 2 atom stereocenters. The van der Waals surface area contributed by atoms with Gasteiger partial charge in [-0.1, -0.05) is 37.3 Å². The molecule has 0 aliphatic carbocycles. The maximum Gasteiger partial charge on any atom is 0.416 e. The van der Waals surface area contributed by atoms with Crippen LogP contribution in [0.25, 0.3) is 16.6 Å². The first kappa shape index (κ1) is 23.6. The fourth-order valence-corrected chi connectivity index (χ4v) is 6.74. The number of halogens is 3. The molecule has 0 radical (unpaired) electrons. The summed E-state index contributed by atoms with van der Waals surface area (Å²) in [6, 6.07) is 13.9. The van der Waals surface area contributed by atoms with Crippen LogP contribution in [0.4, 0.5) is 18.9 Å². The van der Waals surface area contributed by atoms with Crippen molar-refractivity contribution in [1.82, 2.24) is 9.47 Å². The first-order valence-corrected chi connectivity index (χ1v) is 12.9. The zero-order chi connectivity index (χ0) is 25.1. The highest BCUT2D eigenvalue weighted by molar-refractivity contribution is 7.80. The number of thiocarbonyl (C=S) groups is 1. The lowest BCUT2D eigenvalue weighted by Gasteiger charge is -2.53. The second-order valence-corrected chi connectivity index (χ2v) is 10.4. The second-order valence-electron chi connectivity index (χ2n) is 10.0. The third-order valence-corrected chi connectivity index (χ3v) is 8.33. The van der Waals surface area contributed by atoms with Crippen molar-refractivity contribution in [2.24, 2.45) is 5.41 Å². The van der Waals surface area contributed by atoms with Crippen LogP contribution in [0.15, 0.2) is 54.6 Å². The molecule has 3 aromatic rings. The van der Waals surface area contributed by atoms with Crippen LogP contribution in [0, 0.1) is 5.41 Å². The number of aromatic nitrogens is 1. The van der Waals surface area contributed by atoms with Crippen molar-refractivity contribution in [1.29, 1.82) is 0 Å². The fraction of sp³-hybridized carbons (Fsp3) is 0.393. The van der Waals surface area contributed by atoms with Gasteiger partial charge in [0, 0.05) is 28.7 Å². The number of hydrogen-bond donors (Lipinski definition) is 1. The van der Waals surface area contributed by atoms with Crippen LogP contribution < -0.4 is 5.32 Å². The van der Waals surface area contributed by atoms with Crippen LogP contribution >= 0.6 is 12.2 Å². The standard InChI is InChI=1S/C28H28F3N3OS/c1-2-27-12-6-13-33-14-11-22-21-9-3-4-10-23(21)34(24(22)25(27)33)20(16-27)17-35-26(36)32-19-8-5-7-18(15-19)28(29,30)31/h3-5,7-10,15-16,25H,2,6,11-14,17H2,1H3,(H,32,36)/t25-,27+/m1/s1.